The molecule has 1 aromatic rings. The number of sulfonamides is 1. The van der Waals surface area contributed by atoms with Crippen LogP contribution in [0.2, 0.25) is 0 Å². The molecule has 1 atom stereocenters. The Balaban J connectivity index is 2.76. The first-order valence-corrected chi connectivity index (χ1v) is 6.31. The minimum atomic E-state index is -3.64. The molecule has 0 aromatic heterocycles. The van der Waals surface area contributed by atoms with E-state index in [1.807, 2.05) is 6.92 Å². The van der Waals surface area contributed by atoms with E-state index in [0.717, 1.165) is 12.0 Å². The van der Waals surface area contributed by atoms with Gasteiger partial charge in [0.25, 0.3) is 0 Å². The molecule has 0 aliphatic carbocycles. The Labute approximate surface area is 94.7 Å². The van der Waals surface area contributed by atoms with Gasteiger partial charge in [0, 0.05) is 18.2 Å². The third-order valence-corrected chi connectivity index (χ3v) is 2.97. The average Bonchev–Trinajstić information content (AvgIpc) is 2.17. The fraction of sp³-hybridized carbons (Fsp3) is 0.300. The lowest BCUT2D eigenvalue weighted by molar-refractivity contribution is -0.107. The van der Waals surface area contributed by atoms with E-state index < -0.39 is 10.0 Å². The third-order valence-electron chi connectivity index (χ3n) is 2.05. The summed E-state index contributed by atoms with van der Waals surface area (Å²) in [6.07, 6.45) is 1.23. The van der Waals surface area contributed by atoms with Gasteiger partial charge in [-0.3, -0.25) is 0 Å². The topological polar surface area (TPSA) is 89.3 Å². The Hall–Kier alpha value is -1.40. The quantitative estimate of drug-likeness (QED) is 0.745. The highest BCUT2D eigenvalue weighted by atomic mass is 32.2. The van der Waals surface area contributed by atoms with Gasteiger partial charge in [-0.15, -0.1) is 0 Å². The lowest BCUT2D eigenvalue weighted by atomic mass is 10.2. The maximum absolute atomic E-state index is 11.0. The Morgan fingerprint density at radius 1 is 1.38 bits per heavy atom. The number of benzene rings is 1. The molecule has 16 heavy (non-hydrogen) atoms. The van der Waals surface area contributed by atoms with Gasteiger partial charge in [0.2, 0.25) is 10.0 Å². The van der Waals surface area contributed by atoms with Crippen molar-refractivity contribution in [3.05, 3.63) is 24.3 Å². The third kappa shape index (κ3) is 3.63. The van der Waals surface area contributed by atoms with E-state index in [-0.39, 0.29) is 10.9 Å². The molecule has 1 aromatic carbocycles. The van der Waals surface area contributed by atoms with Crippen LogP contribution in [0.25, 0.3) is 0 Å². The van der Waals surface area contributed by atoms with Crippen LogP contribution in [0.1, 0.15) is 13.3 Å². The highest BCUT2D eigenvalue weighted by Crippen LogP contribution is 2.13. The molecule has 0 radical (unpaired) electrons. The van der Waals surface area contributed by atoms with Crippen LogP contribution in [-0.4, -0.2) is 20.7 Å². The van der Waals surface area contributed by atoms with Gasteiger partial charge in [0.05, 0.1) is 4.90 Å². The van der Waals surface area contributed by atoms with Gasteiger partial charge in [-0.25, -0.2) is 13.6 Å². The molecule has 0 fully saturated rings. The predicted octanol–water partition coefficient (Wildman–Crippen LogP) is 0.723. The largest absolute Gasteiger partial charge is 0.382 e. The maximum atomic E-state index is 11.0. The lowest BCUT2D eigenvalue weighted by Gasteiger charge is -2.12. The van der Waals surface area contributed by atoms with E-state index in [1.165, 1.54) is 12.1 Å². The minimum Gasteiger partial charge on any atom is -0.382 e. The van der Waals surface area contributed by atoms with Crippen molar-refractivity contribution in [1.29, 1.82) is 0 Å². The van der Waals surface area contributed by atoms with E-state index in [2.05, 4.69) is 5.32 Å². The molecule has 0 saturated carbocycles. The van der Waals surface area contributed by atoms with Gasteiger partial charge in [0.1, 0.15) is 6.29 Å². The van der Waals surface area contributed by atoms with E-state index in [9.17, 15) is 13.2 Å². The number of nitrogens with one attached hydrogen (secondary N) is 1. The normalized spacial score (nSPS) is 13.1. The van der Waals surface area contributed by atoms with E-state index >= 15 is 0 Å². The van der Waals surface area contributed by atoms with Crippen LogP contribution in [0.5, 0.6) is 0 Å². The van der Waals surface area contributed by atoms with Gasteiger partial charge >= 0.3 is 0 Å². The van der Waals surface area contributed by atoms with Crippen molar-refractivity contribution < 1.29 is 13.2 Å². The fourth-order valence-electron chi connectivity index (χ4n) is 1.23. The Bertz CT molecular complexity index is 453. The Kier molecular flexibility index (Phi) is 4.03. The van der Waals surface area contributed by atoms with Crippen molar-refractivity contribution in [1.82, 2.24) is 0 Å². The SMILES string of the molecule is CC(CC=O)Nc1ccc(S(N)(=O)=O)cc1. The van der Waals surface area contributed by atoms with Crippen molar-refractivity contribution in [2.45, 2.75) is 24.3 Å². The van der Waals surface area contributed by atoms with Crippen LogP contribution in [0.4, 0.5) is 5.69 Å². The molecule has 0 aliphatic heterocycles. The Morgan fingerprint density at radius 2 is 1.94 bits per heavy atom. The zero-order valence-electron chi connectivity index (χ0n) is 8.88. The molecule has 0 amide bonds. The van der Waals surface area contributed by atoms with E-state index in [1.54, 1.807) is 12.1 Å². The second kappa shape index (κ2) is 5.09. The molecule has 0 spiro atoms. The highest BCUT2D eigenvalue weighted by molar-refractivity contribution is 7.89. The molecule has 0 bridgehead atoms. The number of rotatable bonds is 5. The predicted molar refractivity (Wildman–Crippen MR) is 61.6 cm³/mol. The summed E-state index contributed by atoms with van der Waals surface area (Å²) in [6.45, 7) is 1.86. The van der Waals surface area contributed by atoms with Crippen LogP contribution in [0.3, 0.4) is 0 Å². The number of hydrogen-bond donors (Lipinski definition) is 2. The molecule has 3 N–H and O–H groups in total. The van der Waals surface area contributed by atoms with Gasteiger partial charge in [-0.1, -0.05) is 0 Å². The molecule has 0 aliphatic rings. The molecule has 5 nitrogen and oxygen atoms in total. The summed E-state index contributed by atoms with van der Waals surface area (Å²) in [5.74, 6) is 0. The first kappa shape index (κ1) is 12.7. The first-order valence-electron chi connectivity index (χ1n) is 4.76. The molecule has 88 valence electrons. The van der Waals surface area contributed by atoms with Crippen molar-refractivity contribution >= 4 is 22.0 Å². The van der Waals surface area contributed by atoms with E-state index in [4.69, 9.17) is 5.14 Å². The summed E-state index contributed by atoms with van der Waals surface area (Å²) >= 11 is 0. The smallest absolute Gasteiger partial charge is 0.238 e. The van der Waals surface area contributed by atoms with Gasteiger partial charge in [0.15, 0.2) is 0 Å². The van der Waals surface area contributed by atoms with Gasteiger partial charge in [-0.05, 0) is 31.2 Å². The number of primary sulfonamides is 1. The second-order valence-electron chi connectivity index (χ2n) is 3.52. The maximum Gasteiger partial charge on any atom is 0.238 e. The first-order chi connectivity index (χ1) is 7.43. The molecule has 6 heteroatoms. The number of anilines is 1. The van der Waals surface area contributed by atoms with Crippen molar-refractivity contribution in [2.24, 2.45) is 5.14 Å². The molecule has 1 unspecified atom stereocenters. The molecule has 0 heterocycles. The highest BCUT2D eigenvalue weighted by Gasteiger charge is 2.07. The van der Waals surface area contributed by atoms with Gasteiger partial charge < -0.3 is 10.1 Å². The number of nitrogens with two attached hydrogens (primary N) is 1. The lowest BCUT2D eigenvalue weighted by Crippen LogP contribution is -2.16. The summed E-state index contributed by atoms with van der Waals surface area (Å²) in [7, 11) is -3.64. The van der Waals surface area contributed by atoms with Crippen molar-refractivity contribution in [3.8, 4) is 0 Å². The van der Waals surface area contributed by atoms with Crippen LogP contribution < -0.4 is 10.5 Å². The van der Waals surface area contributed by atoms with Crippen LogP contribution >= 0.6 is 0 Å². The number of carbonyl (C=O) groups excluding carboxylic acids is 1. The summed E-state index contributed by atoms with van der Waals surface area (Å²) in [6, 6.07) is 6.08. The van der Waals surface area contributed by atoms with E-state index in [0.29, 0.717) is 6.42 Å². The summed E-state index contributed by atoms with van der Waals surface area (Å²) in [5.41, 5.74) is 0.752. The molecular weight excluding hydrogens is 228 g/mol. The molecule has 1 rings (SSSR count). The standard InChI is InChI=1S/C10H14N2O3S/c1-8(6-7-13)12-9-2-4-10(5-3-9)16(11,14)15/h2-5,7-8,12H,6H2,1H3,(H2,11,14,15). The average molecular weight is 242 g/mol. The van der Waals surface area contributed by atoms with Crippen molar-refractivity contribution in [3.63, 3.8) is 0 Å². The number of hydrogen-bond acceptors (Lipinski definition) is 4. The summed E-state index contributed by atoms with van der Waals surface area (Å²) < 4.78 is 22.0. The van der Waals surface area contributed by atoms with Crippen LogP contribution in [-0.2, 0) is 14.8 Å². The van der Waals surface area contributed by atoms with Crippen LogP contribution in [0, 0.1) is 0 Å². The molecular formula is C10H14N2O3S. The van der Waals surface area contributed by atoms with Crippen LogP contribution in [0.15, 0.2) is 29.2 Å². The zero-order valence-corrected chi connectivity index (χ0v) is 9.70. The second-order valence-corrected chi connectivity index (χ2v) is 5.08. The number of carbonyl (C=O) groups is 1. The van der Waals surface area contributed by atoms with Crippen molar-refractivity contribution in [2.75, 3.05) is 5.32 Å². The summed E-state index contributed by atoms with van der Waals surface area (Å²) in [5, 5.41) is 8.02. The van der Waals surface area contributed by atoms with Gasteiger partial charge in [-0.2, -0.15) is 0 Å². The fourth-order valence-corrected chi connectivity index (χ4v) is 1.74. The molecule has 0 saturated heterocycles. The Morgan fingerprint density at radius 3 is 2.38 bits per heavy atom. The minimum absolute atomic E-state index is 0.0119. The number of aldehydes is 1. The zero-order chi connectivity index (χ0) is 12.2. The summed E-state index contributed by atoms with van der Waals surface area (Å²) in [4.78, 5) is 10.3. The monoisotopic (exact) mass is 242 g/mol.